The minimum atomic E-state index is -3.56. The minimum Gasteiger partial charge on any atom is -0.289 e. The molecule has 1 unspecified atom stereocenters. The summed E-state index contributed by atoms with van der Waals surface area (Å²) >= 11 is 0. The first-order valence-electron chi connectivity index (χ1n) is 3.23. The smallest absolute Gasteiger partial charge is 0.264 e. The van der Waals surface area contributed by atoms with Crippen LogP contribution in [0.1, 0.15) is 13.3 Å². The first-order chi connectivity index (χ1) is 5.29. The Kier molecular flexibility index (Phi) is 3.23. The summed E-state index contributed by atoms with van der Waals surface area (Å²) in [4.78, 5) is 10.9. The fourth-order valence-corrected chi connectivity index (χ4v) is 1.34. The molecule has 1 atom stereocenters. The third-order valence-electron chi connectivity index (χ3n) is 1.88. The molecular formula is C6H12NO4S. The zero-order valence-electron chi connectivity index (χ0n) is 6.99. The van der Waals surface area contributed by atoms with Crippen LogP contribution in [0.5, 0.6) is 0 Å². The van der Waals surface area contributed by atoms with Gasteiger partial charge in [-0.2, -0.15) is 0 Å². The monoisotopic (exact) mass is 194 g/mol. The number of hydrogen-bond donors (Lipinski definition) is 2. The Morgan fingerprint density at radius 3 is 2.17 bits per heavy atom. The first kappa shape index (κ1) is 11.4. The van der Waals surface area contributed by atoms with Crippen molar-refractivity contribution < 1.29 is 18.4 Å². The molecule has 0 bridgehead atoms. The standard InChI is InChI=1S/C6H12NO4S/c1-4-6(2,5(8)7-9)12(3,10)11/h9H,1,4H2,2-3H3,(H,7,8). The largest absolute Gasteiger partial charge is 0.289 e. The number of hydrogen-bond acceptors (Lipinski definition) is 4. The molecule has 2 N–H and O–H groups in total. The molecule has 1 radical (unpaired) electrons. The van der Waals surface area contributed by atoms with Gasteiger partial charge >= 0.3 is 0 Å². The Morgan fingerprint density at radius 2 is 2.08 bits per heavy atom. The predicted molar refractivity (Wildman–Crippen MR) is 43.2 cm³/mol. The lowest BCUT2D eigenvalue weighted by Gasteiger charge is -2.22. The van der Waals surface area contributed by atoms with E-state index in [0.29, 0.717) is 0 Å². The summed E-state index contributed by atoms with van der Waals surface area (Å²) in [5, 5.41) is 8.27. The molecule has 71 valence electrons. The van der Waals surface area contributed by atoms with E-state index in [4.69, 9.17) is 5.21 Å². The van der Waals surface area contributed by atoms with E-state index < -0.39 is 20.5 Å². The van der Waals surface area contributed by atoms with Gasteiger partial charge in [0.25, 0.3) is 5.91 Å². The highest BCUT2D eigenvalue weighted by atomic mass is 32.2. The summed E-state index contributed by atoms with van der Waals surface area (Å²) in [6.45, 7) is 4.55. The molecule has 0 aromatic heterocycles. The van der Waals surface area contributed by atoms with E-state index >= 15 is 0 Å². The summed E-state index contributed by atoms with van der Waals surface area (Å²) < 4.78 is 20.5. The van der Waals surface area contributed by atoms with E-state index in [0.717, 1.165) is 6.26 Å². The van der Waals surface area contributed by atoms with Crippen LogP contribution >= 0.6 is 0 Å². The maximum atomic E-state index is 11.1. The van der Waals surface area contributed by atoms with E-state index in [1.54, 1.807) is 0 Å². The van der Waals surface area contributed by atoms with Gasteiger partial charge in [0.2, 0.25) is 0 Å². The van der Waals surface area contributed by atoms with Crippen molar-refractivity contribution in [2.75, 3.05) is 6.26 Å². The molecule has 0 heterocycles. The molecule has 0 aliphatic heterocycles. The molecule has 0 saturated carbocycles. The van der Waals surface area contributed by atoms with Crippen LogP contribution in [0.25, 0.3) is 0 Å². The average Bonchev–Trinajstić information content (AvgIpc) is 1.99. The van der Waals surface area contributed by atoms with Gasteiger partial charge in [-0.15, -0.1) is 0 Å². The lowest BCUT2D eigenvalue weighted by Crippen LogP contribution is -2.48. The maximum Gasteiger partial charge on any atom is 0.264 e. The molecule has 0 rings (SSSR count). The van der Waals surface area contributed by atoms with Crippen LogP contribution in [0, 0.1) is 6.92 Å². The summed E-state index contributed by atoms with van der Waals surface area (Å²) in [6, 6.07) is 0. The van der Waals surface area contributed by atoms with Crippen LogP contribution in [0.2, 0.25) is 0 Å². The van der Waals surface area contributed by atoms with Crippen molar-refractivity contribution in [3.8, 4) is 0 Å². The molecule has 0 fully saturated rings. The van der Waals surface area contributed by atoms with Crippen molar-refractivity contribution in [1.29, 1.82) is 0 Å². The Labute approximate surface area is 71.6 Å². The molecule has 1 amide bonds. The highest BCUT2D eigenvalue weighted by Gasteiger charge is 2.41. The van der Waals surface area contributed by atoms with Gasteiger partial charge in [0.15, 0.2) is 9.84 Å². The number of rotatable bonds is 3. The topological polar surface area (TPSA) is 83.5 Å². The quantitative estimate of drug-likeness (QED) is 0.469. The molecule has 0 spiro atoms. The Balaban J connectivity index is 5.09. The maximum absolute atomic E-state index is 11.1. The van der Waals surface area contributed by atoms with E-state index in [9.17, 15) is 13.2 Å². The highest BCUT2D eigenvalue weighted by Crippen LogP contribution is 2.19. The first-order valence-corrected chi connectivity index (χ1v) is 5.12. The van der Waals surface area contributed by atoms with Crippen molar-refractivity contribution in [2.45, 2.75) is 18.1 Å². The number of carbonyl (C=O) groups is 1. The molecule has 0 saturated heterocycles. The summed E-state index contributed by atoms with van der Waals surface area (Å²) in [5.74, 6) is -0.958. The van der Waals surface area contributed by atoms with E-state index in [2.05, 4.69) is 6.92 Å². The van der Waals surface area contributed by atoms with Gasteiger partial charge in [-0.1, -0.05) is 6.92 Å². The SMILES string of the molecule is [CH2]CC(C)(C(=O)NO)S(C)(=O)=O. The Morgan fingerprint density at radius 1 is 1.67 bits per heavy atom. The number of sulfone groups is 1. The van der Waals surface area contributed by atoms with Crippen molar-refractivity contribution in [3.63, 3.8) is 0 Å². The molecular weight excluding hydrogens is 182 g/mol. The molecule has 12 heavy (non-hydrogen) atoms. The van der Waals surface area contributed by atoms with Crippen LogP contribution in [-0.2, 0) is 14.6 Å². The average molecular weight is 194 g/mol. The molecule has 0 aromatic carbocycles. The summed E-state index contributed by atoms with van der Waals surface area (Å²) in [5.41, 5.74) is 1.30. The molecule has 0 aliphatic carbocycles. The third kappa shape index (κ3) is 1.75. The van der Waals surface area contributed by atoms with Crippen LogP contribution in [0.4, 0.5) is 0 Å². The number of hydroxylamine groups is 1. The molecule has 6 heteroatoms. The van der Waals surface area contributed by atoms with E-state index in [1.165, 1.54) is 12.4 Å². The van der Waals surface area contributed by atoms with Gasteiger partial charge in [0.1, 0.15) is 4.75 Å². The van der Waals surface area contributed by atoms with Gasteiger partial charge in [0, 0.05) is 6.26 Å². The van der Waals surface area contributed by atoms with Crippen molar-refractivity contribution in [1.82, 2.24) is 5.48 Å². The number of carbonyl (C=O) groups excluding carboxylic acids is 1. The van der Waals surface area contributed by atoms with Crippen LogP contribution in [-0.4, -0.2) is 30.5 Å². The second kappa shape index (κ2) is 3.40. The zero-order chi connectivity index (χ0) is 9.99. The highest BCUT2D eigenvalue weighted by molar-refractivity contribution is 7.92. The molecule has 0 aromatic rings. The normalized spacial score (nSPS) is 16.7. The fraction of sp³-hybridized carbons (Fsp3) is 0.667. The van der Waals surface area contributed by atoms with Crippen molar-refractivity contribution >= 4 is 15.7 Å². The summed E-state index contributed by atoms with van der Waals surface area (Å²) in [6.07, 6.45) is 0.797. The second-order valence-electron chi connectivity index (χ2n) is 2.69. The van der Waals surface area contributed by atoms with Gasteiger partial charge in [-0.3, -0.25) is 10.0 Å². The third-order valence-corrected chi connectivity index (χ3v) is 3.90. The van der Waals surface area contributed by atoms with Gasteiger partial charge in [-0.05, 0) is 13.3 Å². The second-order valence-corrected chi connectivity index (χ2v) is 5.14. The number of amides is 1. The van der Waals surface area contributed by atoms with E-state index in [1.807, 2.05) is 0 Å². The number of nitrogens with one attached hydrogen (secondary N) is 1. The lowest BCUT2D eigenvalue weighted by molar-refractivity contribution is -0.131. The van der Waals surface area contributed by atoms with Gasteiger partial charge in [0.05, 0.1) is 0 Å². The minimum absolute atomic E-state index is 0.127. The lowest BCUT2D eigenvalue weighted by atomic mass is 10.1. The van der Waals surface area contributed by atoms with E-state index in [-0.39, 0.29) is 6.42 Å². The molecule has 5 nitrogen and oxygen atoms in total. The van der Waals surface area contributed by atoms with Crippen LogP contribution < -0.4 is 5.48 Å². The van der Waals surface area contributed by atoms with Crippen molar-refractivity contribution in [2.24, 2.45) is 0 Å². The van der Waals surface area contributed by atoms with Crippen LogP contribution in [0.15, 0.2) is 0 Å². The zero-order valence-corrected chi connectivity index (χ0v) is 7.81. The van der Waals surface area contributed by atoms with Gasteiger partial charge in [-0.25, -0.2) is 13.9 Å². The summed E-state index contributed by atoms with van der Waals surface area (Å²) in [7, 11) is -3.56. The molecule has 0 aliphatic rings. The Bertz CT molecular complexity index is 271. The van der Waals surface area contributed by atoms with Gasteiger partial charge < -0.3 is 0 Å². The fourth-order valence-electron chi connectivity index (χ4n) is 0.586. The van der Waals surface area contributed by atoms with Crippen LogP contribution in [0.3, 0.4) is 0 Å². The predicted octanol–water partition coefficient (Wildman–Crippen LogP) is -0.481. The Hall–Kier alpha value is -0.620. The van der Waals surface area contributed by atoms with Crippen molar-refractivity contribution in [3.05, 3.63) is 6.92 Å².